The molecule has 2 N–H and O–H groups in total. The van der Waals surface area contributed by atoms with Crippen molar-refractivity contribution in [2.75, 3.05) is 19.0 Å². The summed E-state index contributed by atoms with van der Waals surface area (Å²) in [6.45, 7) is 1.44. The monoisotopic (exact) mass is 382 g/mol. The van der Waals surface area contributed by atoms with Gasteiger partial charge in [0.25, 0.3) is 0 Å². The zero-order valence-corrected chi connectivity index (χ0v) is 16.3. The number of anilines is 1. The zero-order chi connectivity index (χ0) is 19.6. The van der Waals surface area contributed by atoms with Crippen molar-refractivity contribution in [2.24, 2.45) is 0 Å². The van der Waals surface area contributed by atoms with E-state index >= 15 is 4.39 Å². The maximum atomic E-state index is 15.0. The van der Waals surface area contributed by atoms with Gasteiger partial charge in [0.05, 0.1) is 18.2 Å². The average molecular weight is 382 g/mol. The molecular weight excluding hydrogens is 355 g/mol. The number of rotatable bonds is 4. The summed E-state index contributed by atoms with van der Waals surface area (Å²) in [7, 11) is 1.63. The number of benzene rings is 2. The first-order valence-corrected chi connectivity index (χ1v) is 10.1. The Bertz CT molecular complexity index is 858. The minimum absolute atomic E-state index is 0.106. The summed E-state index contributed by atoms with van der Waals surface area (Å²) in [6, 6.07) is 11.3. The highest BCUT2D eigenvalue weighted by Crippen LogP contribution is 2.41. The average Bonchev–Trinajstić information content (AvgIpc) is 2.76. The number of hydrogen-bond acceptors (Lipinski definition) is 3. The predicted octanol–water partition coefficient (Wildman–Crippen LogP) is 4.32. The van der Waals surface area contributed by atoms with Gasteiger partial charge >= 0.3 is 0 Å². The molecule has 4 nitrogen and oxygen atoms in total. The number of halogens is 1. The van der Waals surface area contributed by atoms with Crippen LogP contribution in [0.1, 0.15) is 48.8 Å². The summed E-state index contributed by atoms with van der Waals surface area (Å²) in [6.07, 6.45) is 5.33. The molecule has 28 heavy (non-hydrogen) atoms. The van der Waals surface area contributed by atoms with E-state index in [1.165, 1.54) is 0 Å². The van der Waals surface area contributed by atoms with Gasteiger partial charge in [-0.05, 0) is 60.7 Å². The van der Waals surface area contributed by atoms with Crippen LogP contribution in [0.3, 0.4) is 0 Å². The molecule has 0 bridgehead atoms. The van der Waals surface area contributed by atoms with Crippen molar-refractivity contribution in [3.63, 3.8) is 0 Å². The molecule has 1 heterocycles. The van der Waals surface area contributed by atoms with Crippen molar-refractivity contribution in [1.82, 2.24) is 5.32 Å². The molecule has 0 aromatic heterocycles. The van der Waals surface area contributed by atoms with E-state index in [1.807, 2.05) is 30.3 Å². The maximum absolute atomic E-state index is 15.0. The van der Waals surface area contributed by atoms with E-state index in [-0.39, 0.29) is 11.7 Å². The molecular formula is C23H27FN2O2. The summed E-state index contributed by atoms with van der Waals surface area (Å²) >= 11 is 0. The Balaban J connectivity index is 1.65. The molecule has 4 rings (SSSR count). The lowest BCUT2D eigenvalue weighted by atomic mass is 9.68. The quantitative estimate of drug-likeness (QED) is 0.828. The minimum Gasteiger partial charge on any atom is -0.497 e. The highest BCUT2D eigenvalue weighted by Gasteiger charge is 2.41. The third kappa shape index (κ3) is 3.39. The van der Waals surface area contributed by atoms with E-state index < -0.39 is 5.41 Å². The molecule has 0 saturated heterocycles. The summed E-state index contributed by atoms with van der Waals surface area (Å²) in [4.78, 5) is 13.4. The lowest BCUT2D eigenvalue weighted by molar-refractivity contribution is -0.122. The van der Waals surface area contributed by atoms with Crippen molar-refractivity contribution < 1.29 is 13.9 Å². The summed E-state index contributed by atoms with van der Waals surface area (Å²) < 4.78 is 20.3. The van der Waals surface area contributed by atoms with Crippen molar-refractivity contribution >= 4 is 11.6 Å². The number of hydrogen-bond donors (Lipinski definition) is 2. The molecule has 1 fully saturated rings. The van der Waals surface area contributed by atoms with E-state index in [9.17, 15) is 4.79 Å². The summed E-state index contributed by atoms with van der Waals surface area (Å²) in [5, 5.41) is 6.19. The van der Waals surface area contributed by atoms with Crippen LogP contribution in [0.25, 0.3) is 0 Å². The van der Waals surface area contributed by atoms with E-state index in [0.29, 0.717) is 18.7 Å². The molecule has 1 aliphatic carbocycles. The number of amides is 1. The largest absolute Gasteiger partial charge is 0.497 e. The first-order chi connectivity index (χ1) is 13.6. The Morgan fingerprint density at radius 1 is 1.11 bits per heavy atom. The van der Waals surface area contributed by atoms with E-state index in [4.69, 9.17) is 4.74 Å². The normalized spacial score (nSPS) is 18.2. The molecule has 1 amide bonds. The molecule has 148 valence electrons. The fraction of sp³-hybridized carbons (Fsp3) is 0.435. The van der Waals surface area contributed by atoms with Crippen LogP contribution in [0.4, 0.5) is 10.1 Å². The topological polar surface area (TPSA) is 50.4 Å². The second kappa shape index (κ2) is 7.92. The number of carbonyl (C=O) groups excluding carboxylic acids is 1. The Hall–Kier alpha value is -2.40. The molecule has 0 unspecified atom stereocenters. The third-order valence-electron chi connectivity index (χ3n) is 6.24. The lowest BCUT2D eigenvalue weighted by Crippen LogP contribution is -2.42. The van der Waals surface area contributed by atoms with Gasteiger partial charge in [-0.25, -0.2) is 4.39 Å². The van der Waals surface area contributed by atoms with Crippen LogP contribution >= 0.6 is 0 Å². The van der Waals surface area contributed by atoms with Gasteiger partial charge in [0.2, 0.25) is 5.91 Å². The van der Waals surface area contributed by atoms with Crippen molar-refractivity contribution in [3.8, 4) is 5.75 Å². The van der Waals surface area contributed by atoms with E-state index in [1.54, 1.807) is 13.2 Å². The van der Waals surface area contributed by atoms with E-state index in [2.05, 4.69) is 10.6 Å². The van der Waals surface area contributed by atoms with Gasteiger partial charge in [0, 0.05) is 6.54 Å². The second-order valence-electron chi connectivity index (χ2n) is 7.82. The van der Waals surface area contributed by atoms with Crippen LogP contribution in [-0.2, 0) is 23.2 Å². The van der Waals surface area contributed by atoms with Gasteiger partial charge in [-0.1, -0.05) is 37.5 Å². The number of nitrogens with one attached hydrogen (secondary N) is 2. The molecule has 1 aliphatic heterocycles. The number of methoxy groups -OCH3 is 1. The summed E-state index contributed by atoms with van der Waals surface area (Å²) in [5.74, 6) is 0.377. The molecule has 2 aromatic rings. The van der Waals surface area contributed by atoms with Crippen LogP contribution in [0.15, 0.2) is 36.4 Å². The Morgan fingerprint density at radius 2 is 1.86 bits per heavy atom. The SMILES string of the molecule is COc1ccc(C2(C(=O)Nc3ccc4c(c3F)CCNC4)CCCCC2)cc1. The molecule has 0 spiro atoms. The highest BCUT2D eigenvalue weighted by molar-refractivity contribution is 5.99. The second-order valence-corrected chi connectivity index (χ2v) is 7.82. The Labute approximate surface area is 165 Å². The summed E-state index contributed by atoms with van der Waals surface area (Å²) in [5.41, 5.74) is 2.36. The van der Waals surface area contributed by atoms with Gasteiger partial charge < -0.3 is 15.4 Å². The highest BCUT2D eigenvalue weighted by atomic mass is 19.1. The molecule has 0 radical (unpaired) electrons. The molecule has 2 aliphatic rings. The first-order valence-electron chi connectivity index (χ1n) is 10.1. The number of carbonyl (C=O) groups is 1. The van der Waals surface area contributed by atoms with Crippen molar-refractivity contribution in [1.29, 1.82) is 0 Å². The smallest absolute Gasteiger partial charge is 0.235 e. The number of fused-ring (bicyclic) bond motifs is 1. The van der Waals surface area contributed by atoms with Gasteiger partial charge in [-0.3, -0.25) is 4.79 Å². The fourth-order valence-corrected chi connectivity index (χ4v) is 4.58. The zero-order valence-electron chi connectivity index (χ0n) is 16.3. The minimum atomic E-state index is -0.617. The van der Waals surface area contributed by atoms with Crippen molar-refractivity contribution in [2.45, 2.75) is 50.5 Å². The van der Waals surface area contributed by atoms with Gasteiger partial charge in [-0.15, -0.1) is 0 Å². The van der Waals surface area contributed by atoms with Gasteiger partial charge in [-0.2, -0.15) is 0 Å². The van der Waals surface area contributed by atoms with Crippen LogP contribution < -0.4 is 15.4 Å². The van der Waals surface area contributed by atoms with Crippen LogP contribution in [0.5, 0.6) is 5.75 Å². The molecule has 5 heteroatoms. The van der Waals surface area contributed by atoms with Gasteiger partial charge in [0.15, 0.2) is 0 Å². The van der Waals surface area contributed by atoms with Crippen LogP contribution in [0.2, 0.25) is 0 Å². The van der Waals surface area contributed by atoms with Crippen LogP contribution in [-0.4, -0.2) is 19.6 Å². The Kier molecular flexibility index (Phi) is 5.36. The van der Waals surface area contributed by atoms with E-state index in [0.717, 1.165) is 61.1 Å². The molecule has 1 saturated carbocycles. The third-order valence-corrected chi connectivity index (χ3v) is 6.24. The lowest BCUT2D eigenvalue weighted by Gasteiger charge is -2.36. The Morgan fingerprint density at radius 3 is 2.57 bits per heavy atom. The number of ether oxygens (including phenoxy) is 1. The van der Waals surface area contributed by atoms with Gasteiger partial charge in [0.1, 0.15) is 11.6 Å². The first kappa shape index (κ1) is 18.9. The van der Waals surface area contributed by atoms with Crippen molar-refractivity contribution in [3.05, 3.63) is 58.9 Å². The maximum Gasteiger partial charge on any atom is 0.235 e. The molecule has 0 atom stereocenters. The fourth-order valence-electron chi connectivity index (χ4n) is 4.58. The molecule has 2 aromatic carbocycles. The predicted molar refractivity (Wildman–Crippen MR) is 108 cm³/mol. The standard InChI is InChI=1S/C23H27FN2O2/c1-28-18-8-6-17(7-9-18)23(12-3-2-4-13-23)22(27)26-20-10-5-16-15-25-14-11-19(16)21(20)24/h5-10,25H,2-4,11-15H2,1H3,(H,26,27). The van der Waals surface area contributed by atoms with Crippen LogP contribution in [0, 0.1) is 5.82 Å².